The Balaban J connectivity index is 2.37. The Labute approximate surface area is 115 Å². The molecule has 0 aliphatic rings. The van der Waals surface area contributed by atoms with E-state index in [2.05, 4.69) is 61.4 Å². The number of nitrogens with one attached hydrogen (secondary N) is 1. The van der Waals surface area contributed by atoms with Gasteiger partial charge in [0.15, 0.2) is 0 Å². The fourth-order valence-corrected chi connectivity index (χ4v) is 2.65. The molecular weight excluding hydrogens is 232 g/mol. The molecule has 0 bridgehead atoms. The van der Waals surface area contributed by atoms with E-state index in [0.717, 1.165) is 0 Å². The van der Waals surface area contributed by atoms with Crippen molar-refractivity contribution in [3.63, 3.8) is 0 Å². The van der Waals surface area contributed by atoms with E-state index in [4.69, 9.17) is 0 Å². The summed E-state index contributed by atoms with van der Waals surface area (Å²) in [5.41, 5.74) is 5.42. The van der Waals surface area contributed by atoms with Crippen molar-refractivity contribution in [2.24, 2.45) is 0 Å². The molecular formula is C17H22N2. The molecule has 1 aromatic carbocycles. The largest absolute Gasteiger partial charge is 0.312 e. The first-order valence-electron chi connectivity index (χ1n) is 6.78. The van der Waals surface area contributed by atoms with E-state index < -0.39 is 0 Å². The molecule has 100 valence electrons. The topological polar surface area (TPSA) is 24.9 Å². The Hall–Kier alpha value is -1.67. The molecule has 2 unspecified atom stereocenters. The zero-order valence-electron chi connectivity index (χ0n) is 12.1. The summed E-state index contributed by atoms with van der Waals surface area (Å²) in [6.45, 7) is 6.63. The molecule has 2 rings (SSSR count). The van der Waals surface area contributed by atoms with Crippen LogP contribution in [-0.2, 0) is 0 Å². The quantitative estimate of drug-likeness (QED) is 0.898. The van der Waals surface area contributed by atoms with Crippen LogP contribution in [0.2, 0.25) is 0 Å². The van der Waals surface area contributed by atoms with Crippen LogP contribution in [0.3, 0.4) is 0 Å². The number of likely N-dealkylation sites (N-methyl/N-ethyl adjacent to an activating group) is 1. The molecule has 0 aliphatic heterocycles. The SMILES string of the molecule is CNC(c1cccc(C)c1C)C(C)c1ccncc1. The highest BCUT2D eigenvalue weighted by Crippen LogP contribution is 2.32. The van der Waals surface area contributed by atoms with Gasteiger partial charge in [-0.3, -0.25) is 4.98 Å². The molecule has 0 saturated carbocycles. The van der Waals surface area contributed by atoms with Crippen molar-refractivity contribution in [3.8, 4) is 0 Å². The molecule has 1 N–H and O–H groups in total. The maximum atomic E-state index is 4.10. The van der Waals surface area contributed by atoms with E-state index in [-0.39, 0.29) is 0 Å². The number of hydrogen-bond acceptors (Lipinski definition) is 2. The van der Waals surface area contributed by atoms with Gasteiger partial charge in [-0.05, 0) is 55.3 Å². The number of benzene rings is 1. The van der Waals surface area contributed by atoms with Crippen molar-refractivity contribution in [1.82, 2.24) is 10.3 Å². The fourth-order valence-electron chi connectivity index (χ4n) is 2.65. The van der Waals surface area contributed by atoms with Gasteiger partial charge in [0.25, 0.3) is 0 Å². The number of hydrogen-bond donors (Lipinski definition) is 1. The van der Waals surface area contributed by atoms with E-state index in [0.29, 0.717) is 12.0 Å². The molecule has 2 nitrogen and oxygen atoms in total. The minimum absolute atomic E-state index is 0.322. The second-order valence-corrected chi connectivity index (χ2v) is 5.12. The zero-order chi connectivity index (χ0) is 13.8. The van der Waals surface area contributed by atoms with E-state index in [1.165, 1.54) is 22.3 Å². The predicted molar refractivity (Wildman–Crippen MR) is 80.4 cm³/mol. The Morgan fingerprint density at radius 2 is 1.74 bits per heavy atom. The van der Waals surface area contributed by atoms with Gasteiger partial charge in [-0.15, -0.1) is 0 Å². The minimum Gasteiger partial charge on any atom is -0.312 e. The fraction of sp³-hybridized carbons (Fsp3) is 0.353. The van der Waals surface area contributed by atoms with Crippen LogP contribution in [0.25, 0.3) is 0 Å². The third-order valence-electron chi connectivity index (χ3n) is 4.02. The Morgan fingerprint density at radius 3 is 2.37 bits per heavy atom. The van der Waals surface area contributed by atoms with Crippen molar-refractivity contribution < 1.29 is 0 Å². The first-order valence-corrected chi connectivity index (χ1v) is 6.78. The first-order chi connectivity index (χ1) is 9.15. The van der Waals surface area contributed by atoms with Crippen LogP contribution in [0.1, 0.15) is 41.1 Å². The molecule has 1 heterocycles. The van der Waals surface area contributed by atoms with Crippen LogP contribution in [0.4, 0.5) is 0 Å². The van der Waals surface area contributed by atoms with Gasteiger partial charge in [0, 0.05) is 24.4 Å². The lowest BCUT2D eigenvalue weighted by Gasteiger charge is -2.26. The summed E-state index contributed by atoms with van der Waals surface area (Å²) in [5, 5.41) is 3.46. The van der Waals surface area contributed by atoms with Gasteiger partial charge in [0.1, 0.15) is 0 Å². The first kappa shape index (κ1) is 13.8. The summed E-state index contributed by atoms with van der Waals surface area (Å²) in [4.78, 5) is 4.10. The van der Waals surface area contributed by atoms with Gasteiger partial charge in [-0.2, -0.15) is 0 Å². The molecule has 0 aliphatic carbocycles. The summed E-state index contributed by atoms with van der Waals surface area (Å²) >= 11 is 0. The molecule has 0 spiro atoms. The third-order valence-corrected chi connectivity index (χ3v) is 4.02. The van der Waals surface area contributed by atoms with Gasteiger partial charge in [0.2, 0.25) is 0 Å². The predicted octanol–water partition coefficient (Wildman–Crippen LogP) is 3.76. The molecule has 2 aromatic rings. The standard InChI is InChI=1S/C17H22N2/c1-12-6-5-7-16(13(12)2)17(18-4)14(3)15-8-10-19-11-9-15/h5-11,14,17-18H,1-4H3. The van der Waals surface area contributed by atoms with Gasteiger partial charge >= 0.3 is 0 Å². The van der Waals surface area contributed by atoms with Crippen LogP contribution in [0.15, 0.2) is 42.7 Å². The van der Waals surface area contributed by atoms with Gasteiger partial charge in [-0.1, -0.05) is 25.1 Å². The maximum absolute atomic E-state index is 4.10. The second-order valence-electron chi connectivity index (χ2n) is 5.12. The van der Waals surface area contributed by atoms with Crippen LogP contribution < -0.4 is 5.32 Å². The Kier molecular flexibility index (Phi) is 4.33. The number of aryl methyl sites for hydroxylation is 1. The number of rotatable bonds is 4. The summed E-state index contributed by atoms with van der Waals surface area (Å²) in [6, 6.07) is 11.0. The zero-order valence-corrected chi connectivity index (χ0v) is 12.1. The van der Waals surface area contributed by atoms with Crippen LogP contribution in [0, 0.1) is 13.8 Å². The molecule has 0 fully saturated rings. The number of aromatic nitrogens is 1. The highest BCUT2D eigenvalue weighted by molar-refractivity contribution is 5.37. The lowest BCUT2D eigenvalue weighted by molar-refractivity contribution is 0.505. The average molecular weight is 254 g/mol. The van der Waals surface area contributed by atoms with Gasteiger partial charge < -0.3 is 5.32 Å². The lowest BCUT2D eigenvalue weighted by atomic mass is 9.86. The van der Waals surface area contributed by atoms with Gasteiger partial charge in [-0.25, -0.2) is 0 Å². The van der Waals surface area contributed by atoms with E-state index >= 15 is 0 Å². The average Bonchev–Trinajstić information content (AvgIpc) is 2.45. The normalized spacial score (nSPS) is 14.1. The molecule has 2 atom stereocenters. The monoisotopic (exact) mass is 254 g/mol. The number of pyridine rings is 1. The van der Waals surface area contributed by atoms with Crippen molar-refractivity contribution in [1.29, 1.82) is 0 Å². The highest BCUT2D eigenvalue weighted by Gasteiger charge is 2.20. The smallest absolute Gasteiger partial charge is 0.0387 e. The van der Waals surface area contributed by atoms with E-state index in [1.54, 1.807) is 0 Å². The van der Waals surface area contributed by atoms with Crippen molar-refractivity contribution in [2.45, 2.75) is 32.7 Å². The van der Waals surface area contributed by atoms with E-state index in [1.807, 2.05) is 19.4 Å². The summed E-state index contributed by atoms with van der Waals surface area (Å²) < 4.78 is 0. The minimum atomic E-state index is 0.322. The summed E-state index contributed by atoms with van der Waals surface area (Å²) in [7, 11) is 2.03. The Morgan fingerprint density at radius 1 is 1.05 bits per heavy atom. The highest BCUT2D eigenvalue weighted by atomic mass is 14.9. The third kappa shape index (κ3) is 2.85. The molecule has 0 amide bonds. The molecule has 2 heteroatoms. The van der Waals surface area contributed by atoms with Crippen LogP contribution in [0.5, 0.6) is 0 Å². The van der Waals surface area contributed by atoms with Crippen LogP contribution in [-0.4, -0.2) is 12.0 Å². The van der Waals surface area contributed by atoms with Crippen molar-refractivity contribution in [3.05, 3.63) is 65.0 Å². The van der Waals surface area contributed by atoms with Crippen LogP contribution >= 0.6 is 0 Å². The lowest BCUT2D eigenvalue weighted by Crippen LogP contribution is -2.23. The second kappa shape index (κ2) is 5.98. The van der Waals surface area contributed by atoms with E-state index in [9.17, 15) is 0 Å². The van der Waals surface area contributed by atoms with Crippen molar-refractivity contribution >= 4 is 0 Å². The molecule has 0 saturated heterocycles. The van der Waals surface area contributed by atoms with Crippen molar-refractivity contribution in [2.75, 3.05) is 7.05 Å². The Bertz CT molecular complexity index is 534. The number of nitrogens with zero attached hydrogens (tertiary/aromatic N) is 1. The molecule has 1 aromatic heterocycles. The van der Waals surface area contributed by atoms with Gasteiger partial charge in [0.05, 0.1) is 0 Å². The molecule has 0 radical (unpaired) electrons. The summed E-state index contributed by atoms with van der Waals surface area (Å²) in [5.74, 6) is 0.411. The summed E-state index contributed by atoms with van der Waals surface area (Å²) in [6.07, 6.45) is 3.73. The maximum Gasteiger partial charge on any atom is 0.0387 e. The molecule has 19 heavy (non-hydrogen) atoms.